The SMILES string of the molecule is CC(C)CCC(O)C1C(O)=C(C(=O)C(C)C)C(=O)[C@H]1CCC(C)C. The van der Waals surface area contributed by atoms with Gasteiger partial charge in [-0.25, -0.2) is 0 Å². The van der Waals surface area contributed by atoms with Crippen LogP contribution in [0, 0.1) is 29.6 Å². The Morgan fingerprint density at radius 1 is 1.00 bits per heavy atom. The first kappa shape index (κ1) is 20.9. The van der Waals surface area contributed by atoms with Gasteiger partial charge < -0.3 is 10.2 Å². The summed E-state index contributed by atoms with van der Waals surface area (Å²) in [6.45, 7) is 11.8. The topological polar surface area (TPSA) is 74.6 Å². The van der Waals surface area contributed by atoms with Crippen LogP contribution in [0.3, 0.4) is 0 Å². The second kappa shape index (κ2) is 8.80. The van der Waals surface area contributed by atoms with E-state index in [1.807, 2.05) is 0 Å². The smallest absolute Gasteiger partial charge is 0.173 e. The highest BCUT2D eigenvalue weighted by molar-refractivity contribution is 6.23. The van der Waals surface area contributed by atoms with Crippen LogP contribution in [0.2, 0.25) is 0 Å². The van der Waals surface area contributed by atoms with Crippen LogP contribution >= 0.6 is 0 Å². The fourth-order valence-corrected chi connectivity index (χ4v) is 3.33. The third-order valence-electron chi connectivity index (χ3n) is 4.87. The molecule has 3 atom stereocenters. The minimum absolute atomic E-state index is 0.0626. The van der Waals surface area contributed by atoms with E-state index < -0.39 is 17.9 Å². The van der Waals surface area contributed by atoms with Crippen molar-refractivity contribution >= 4 is 11.6 Å². The van der Waals surface area contributed by atoms with Gasteiger partial charge >= 0.3 is 0 Å². The molecule has 1 rings (SSSR count). The lowest BCUT2D eigenvalue weighted by atomic mass is 9.82. The van der Waals surface area contributed by atoms with Gasteiger partial charge in [0.25, 0.3) is 0 Å². The number of allylic oxidation sites excluding steroid dienone is 1. The van der Waals surface area contributed by atoms with Gasteiger partial charge in [0.05, 0.1) is 17.6 Å². The van der Waals surface area contributed by atoms with E-state index in [-0.39, 0.29) is 28.8 Å². The minimum Gasteiger partial charge on any atom is -0.511 e. The van der Waals surface area contributed by atoms with Crippen LogP contribution in [-0.4, -0.2) is 27.9 Å². The second-order valence-corrected chi connectivity index (χ2v) is 8.29. The molecule has 0 fully saturated rings. The molecule has 1 aliphatic carbocycles. The average molecular weight is 338 g/mol. The second-order valence-electron chi connectivity index (χ2n) is 8.29. The molecule has 0 aromatic carbocycles. The zero-order valence-corrected chi connectivity index (χ0v) is 16.0. The molecule has 0 aromatic rings. The van der Waals surface area contributed by atoms with Crippen molar-refractivity contribution in [2.45, 2.75) is 73.3 Å². The monoisotopic (exact) mass is 338 g/mol. The molecule has 0 aliphatic heterocycles. The standard InChI is InChI=1S/C20H34O4/c1-11(2)7-9-14-16(15(21)10-8-12(3)4)20(24)17(19(14)23)18(22)13(5)6/h11-16,21,24H,7-10H2,1-6H3/t14-,15?,16?/m0/s1. The summed E-state index contributed by atoms with van der Waals surface area (Å²) in [7, 11) is 0. The van der Waals surface area contributed by atoms with Crippen molar-refractivity contribution in [2.75, 3.05) is 0 Å². The number of carbonyl (C=O) groups is 2. The van der Waals surface area contributed by atoms with E-state index in [2.05, 4.69) is 27.7 Å². The van der Waals surface area contributed by atoms with Crippen LogP contribution in [0.4, 0.5) is 0 Å². The first-order valence-electron chi connectivity index (χ1n) is 9.27. The summed E-state index contributed by atoms with van der Waals surface area (Å²) in [6, 6.07) is 0. The predicted molar refractivity (Wildman–Crippen MR) is 95.6 cm³/mol. The summed E-state index contributed by atoms with van der Waals surface area (Å²) in [5, 5.41) is 21.2. The van der Waals surface area contributed by atoms with Gasteiger partial charge in [-0.2, -0.15) is 0 Å². The molecule has 2 unspecified atom stereocenters. The van der Waals surface area contributed by atoms with Gasteiger partial charge in [-0.05, 0) is 31.1 Å². The van der Waals surface area contributed by atoms with E-state index in [1.54, 1.807) is 13.8 Å². The van der Waals surface area contributed by atoms with E-state index in [0.29, 0.717) is 24.7 Å². The van der Waals surface area contributed by atoms with Crippen molar-refractivity contribution in [2.24, 2.45) is 29.6 Å². The Morgan fingerprint density at radius 2 is 1.54 bits per heavy atom. The lowest BCUT2D eigenvalue weighted by molar-refractivity contribution is -0.125. The highest BCUT2D eigenvalue weighted by Crippen LogP contribution is 2.41. The molecule has 24 heavy (non-hydrogen) atoms. The van der Waals surface area contributed by atoms with E-state index in [4.69, 9.17) is 0 Å². The first-order chi connectivity index (χ1) is 11.1. The van der Waals surface area contributed by atoms with Crippen LogP contribution < -0.4 is 0 Å². The molecule has 0 saturated heterocycles. The number of ketones is 2. The molecule has 1 aliphatic rings. The van der Waals surface area contributed by atoms with Crippen LogP contribution in [0.5, 0.6) is 0 Å². The number of aliphatic hydroxyl groups is 2. The molecule has 0 radical (unpaired) electrons. The number of hydrogen-bond acceptors (Lipinski definition) is 4. The molecule has 0 bridgehead atoms. The normalized spacial score (nSPS) is 23.0. The zero-order valence-electron chi connectivity index (χ0n) is 16.0. The summed E-state index contributed by atoms with van der Waals surface area (Å²) in [4.78, 5) is 25.1. The highest BCUT2D eigenvalue weighted by atomic mass is 16.3. The van der Waals surface area contributed by atoms with Crippen LogP contribution in [0.15, 0.2) is 11.3 Å². The van der Waals surface area contributed by atoms with Gasteiger partial charge in [0.15, 0.2) is 11.6 Å². The van der Waals surface area contributed by atoms with Crippen LogP contribution in [0.1, 0.15) is 67.2 Å². The Bertz CT molecular complexity index is 488. The number of rotatable bonds is 9. The Hall–Kier alpha value is -1.16. The summed E-state index contributed by atoms with van der Waals surface area (Å²) in [6.07, 6.45) is 2.00. The zero-order chi connectivity index (χ0) is 18.6. The summed E-state index contributed by atoms with van der Waals surface area (Å²) in [5.41, 5.74) is -0.0626. The van der Waals surface area contributed by atoms with Gasteiger partial charge in [-0.3, -0.25) is 9.59 Å². The van der Waals surface area contributed by atoms with Gasteiger partial charge in [0, 0.05) is 11.8 Å². The minimum atomic E-state index is -0.786. The van der Waals surface area contributed by atoms with E-state index in [1.165, 1.54) is 0 Å². The van der Waals surface area contributed by atoms with Crippen molar-refractivity contribution in [1.29, 1.82) is 0 Å². The maximum absolute atomic E-state index is 12.8. The third-order valence-corrected chi connectivity index (χ3v) is 4.87. The van der Waals surface area contributed by atoms with Gasteiger partial charge in [0.2, 0.25) is 0 Å². The van der Waals surface area contributed by atoms with Crippen LogP contribution in [0.25, 0.3) is 0 Å². The molecule has 0 amide bonds. The maximum Gasteiger partial charge on any atom is 0.173 e. The number of aliphatic hydroxyl groups excluding tert-OH is 2. The van der Waals surface area contributed by atoms with Crippen molar-refractivity contribution in [3.63, 3.8) is 0 Å². The molecule has 138 valence electrons. The number of carbonyl (C=O) groups excluding carboxylic acids is 2. The molecule has 0 spiro atoms. The summed E-state index contributed by atoms with van der Waals surface area (Å²) < 4.78 is 0. The van der Waals surface area contributed by atoms with Crippen molar-refractivity contribution in [3.8, 4) is 0 Å². The molecule has 4 heteroatoms. The molecule has 0 aromatic heterocycles. The fraction of sp³-hybridized carbons (Fsp3) is 0.800. The van der Waals surface area contributed by atoms with Crippen LogP contribution in [-0.2, 0) is 9.59 Å². The maximum atomic E-state index is 12.8. The van der Waals surface area contributed by atoms with Crippen molar-refractivity contribution < 1.29 is 19.8 Å². The molecule has 2 N–H and O–H groups in total. The quantitative estimate of drug-likeness (QED) is 0.621. The summed E-state index contributed by atoms with van der Waals surface area (Å²) >= 11 is 0. The Kier molecular flexibility index (Phi) is 7.65. The molecule has 0 saturated carbocycles. The number of Topliss-reactive ketones (excluding diaryl/α,β-unsaturated/α-hetero) is 2. The Balaban J connectivity index is 3.09. The van der Waals surface area contributed by atoms with Gasteiger partial charge in [0.1, 0.15) is 5.76 Å². The Labute approximate surface area is 146 Å². The fourth-order valence-electron chi connectivity index (χ4n) is 3.33. The van der Waals surface area contributed by atoms with Gasteiger partial charge in [-0.15, -0.1) is 0 Å². The van der Waals surface area contributed by atoms with E-state index in [9.17, 15) is 19.8 Å². The highest BCUT2D eigenvalue weighted by Gasteiger charge is 2.47. The van der Waals surface area contributed by atoms with Crippen molar-refractivity contribution in [3.05, 3.63) is 11.3 Å². The van der Waals surface area contributed by atoms with Gasteiger partial charge in [-0.1, -0.05) is 48.0 Å². The molecule has 0 heterocycles. The number of hydrogen-bond donors (Lipinski definition) is 2. The van der Waals surface area contributed by atoms with E-state index >= 15 is 0 Å². The van der Waals surface area contributed by atoms with Crippen molar-refractivity contribution in [1.82, 2.24) is 0 Å². The lowest BCUT2D eigenvalue weighted by Crippen LogP contribution is -2.30. The molecular formula is C20H34O4. The third kappa shape index (κ3) is 4.92. The molecule has 4 nitrogen and oxygen atoms in total. The first-order valence-corrected chi connectivity index (χ1v) is 9.27. The largest absolute Gasteiger partial charge is 0.511 e. The average Bonchev–Trinajstić information content (AvgIpc) is 2.72. The predicted octanol–water partition coefficient (Wildman–Crippen LogP) is 4.07. The van der Waals surface area contributed by atoms with E-state index in [0.717, 1.165) is 12.8 Å². The summed E-state index contributed by atoms with van der Waals surface area (Å²) in [5.74, 6) is -1.36. The lowest BCUT2D eigenvalue weighted by Gasteiger charge is -2.25. The Morgan fingerprint density at radius 3 is 2.00 bits per heavy atom. The molecular weight excluding hydrogens is 304 g/mol.